The monoisotopic (exact) mass is 488 g/mol. The molecule has 0 saturated carbocycles. The van der Waals surface area contributed by atoms with Crippen LogP contribution in [0.5, 0.6) is 0 Å². The van der Waals surface area contributed by atoms with Crippen molar-refractivity contribution >= 4 is 23.6 Å². The number of aryl methyl sites for hydroxylation is 1. The van der Waals surface area contributed by atoms with Crippen LogP contribution in [0.15, 0.2) is 30.6 Å². The van der Waals surface area contributed by atoms with E-state index < -0.39 is 11.9 Å². The molecule has 2 aromatic heterocycles. The molecule has 6 rings (SSSR count). The zero-order valence-electron chi connectivity index (χ0n) is 19.4. The summed E-state index contributed by atoms with van der Waals surface area (Å²) in [7, 11) is 0. The largest absolute Gasteiger partial charge is 0.346 e. The van der Waals surface area contributed by atoms with Crippen molar-refractivity contribution in [3.8, 4) is 5.69 Å². The fourth-order valence-electron chi connectivity index (χ4n) is 5.10. The van der Waals surface area contributed by atoms with E-state index in [0.717, 1.165) is 36.9 Å². The average molecular weight is 489 g/mol. The molecular weight excluding hydrogens is 464 g/mol. The zero-order valence-corrected chi connectivity index (χ0v) is 19.4. The zero-order chi connectivity index (χ0) is 24.8. The van der Waals surface area contributed by atoms with Gasteiger partial charge in [-0.15, -0.1) is 5.10 Å². The number of carbonyl (C=O) groups is 4. The van der Waals surface area contributed by atoms with E-state index in [1.165, 1.54) is 15.3 Å². The first kappa shape index (κ1) is 22.1. The average Bonchev–Trinajstić information content (AvgIpc) is 3.60. The topological polar surface area (TPSA) is 144 Å². The van der Waals surface area contributed by atoms with Gasteiger partial charge in [0.2, 0.25) is 11.8 Å². The number of benzene rings is 1. The molecule has 12 nitrogen and oxygen atoms in total. The first-order valence-corrected chi connectivity index (χ1v) is 12.0. The first-order chi connectivity index (χ1) is 17.5. The summed E-state index contributed by atoms with van der Waals surface area (Å²) in [5.74, 6) is -1.35. The quantitative estimate of drug-likeness (QED) is 0.498. The maximum Gasteiger partial charge on any atom is 0.273 e. The van der Waals surface area contributed by atoms with E-state index in [-0.39, 0.29) is 36.4 Å². The molecule has 12 heteroatoms. The lowest BCUT2D eigenvalue weighted by molar-refractivity contribution is -0.136. The second-order valence-electron chi connectivity index (χ2n) is 9.27. The highest BCUT2D eigenvalue weighted by Crippen LogP contribution is 2.29. The van der Waals surface area contributed by atoms with Crippen molar-refractivity contribution in [1.82, 2.24) is 40.3 Å². The Kier molecular flexibility index (Phi) is 5.35. The number of hydrogen-bond acceptors (Lipinski definition) is 7. The van der Waals surface area contributed by atoms with Crippen LogP contribution in [0.3, 0.4) is 0 Å². The van der Waals surface area contributed by atoms with Gasteiger partial charge in [0.1, 0.15) is 6.04 Å². The summed E-state index contributed by atoms with van der Waals surface area (Å²) in [4.78, 5) is 50.8. The fourth-order valence-corrected chi connectivity index (χ4v) is 5.10. The maximum atomic E-state index is 12.9. The lowest BCUT2D eigenvalue weighted by Gasteiger charge is -2.29. The van der Waals surface area contributed by atoms with Crippen molar-refractivity contribution in [2.24, 2.45) is 0 Å². The van der Waals surface area contributed by atoms with Crippen molar-refractivity contribution in [3.05, 3.63) is 58.7 Å². The van der Waals surface area contributed by atoms with E-state index in [1.807, 2.05) is 10.9 Å². The Morgan fingerprint density at radius 3 is 2.92 bits per heavy atom. The minimum atomic E-state index is -0.672. The van der Waals surface area contributed by atoms with Crippen LogP contribution in [-0.2, 0) is 35.6 Å². The molecule has 0 radical (unpaired) electrons. The minimum absolute atomic E-state index is 0.179. The standard InChI is InChI=1S/C24H24N8O4/c33-21-7-6-20(23(35)27-21)30-12-14-9-16(4-5-17(14)24(30)36)32-13-18(28-29-32)22(34)25-10-15-11-26-31-8-2-1-3-19(15)31/h4-5,9,11,13,20H,1-3,6-8,10,12H2,(H,25,34)(H,27,33,35). The molecule has 0 aliphatic carbocycles. The van der Waals surface area contributed by atoms with Gasteiger partial charge in [-0.3, -0.25) is 29.2 Å². The summed E-state index contributed by atoms with van der Waals surface area (Å²) in [5.41, 5.74) is 4.26. The highest BCUT2D eigenvalue weighted by Gasteiger charge is 2.39. The number of hydrogen-bond donors (Lipinski definition) is 2. The molecule has 3 aliphatic rings. The molecule has 1 fully saturated rings. The fraction of sp³-hybridized carbons (Fsp3) is 0.375. The van der Waals surface area contributed by atoms with Crippen LogP contribution in [0.2, 0.25) is 0 Å². The predicted octanol–water partition coefficient (Wildman–Crippen LogP) is 0.491. The second kappa shape index (κ2) is 8.70. The Morgan fingerprint density at radius 2 is 2.06 bits per heavy atom. The van der Waals surface area contributed by atoms with Gasteiger partial charge in [0.05, 0.1) is 18.1 Å². The lowest BCUT2D eigenvalue weighted by atomic mass is 10.0. The molecule has 1 saturated heterocycles. The van der Waals surface area contributed by atoms with Crippen LogP contribution in [0.1, 0.15) is 63.4 Å². The summed E-state index contributed by atoms with van der Waals surface area (Å²) in [6.45, 7) is 1.54. The molecule has 0 bridgehead atoms. The number of nitrogens with zero attached hydrogens (tertiary/aromatic N) is 6. The molecule has 1 aromatic carbocycles. The Balaban J connectivity index is 1.14. The van der Waals surface area contributed by atoms with E-state index in [0.29, 0.717) is 24.2 Å². The number of nitrogens with one attached hydrogen (secondary N) is 2. The predicted molar refractivity (Wildman–Crippen MR) is 124 cm³/mol. The van der Waals surface area contributed by atoms with E-state index in [2.05, 4.69) is 26.0 Å². The van der Waals surface area contributed by atoms with Crippen LogP contribution in [0.4, 0.5) is 0 Å². The summed E-state index contributed by atoms with van der Waals surface area (Å²) in [6.07, 6.45) is 7.06. The molecule has 0 spiro atoms. The van der Waals surface area contributed by atoms with Crippen molar-refractivity contribution in [2.75, 3.05) is 0 Å². The molecule has 5 heterocycles. The summed E-state index contributed by atoms with van der Waals surface area (Å²) in [6, 6.07) is 4.53. The van der Waals surface area contributed by atoms with Gasteiger partial charge in [-0.25, -0.2) is 4.68 Å². The summed E-state index contributed by atoms with van der Waals surface area (Å²) >= 11 is 0. The van der Waals surface area contributed by atoms with Crippen LogP contribution in [-0.4, -0.2) is 59.3 Å². The molecule has 4 amide bonds. The molecular formula is C24H24N8O4. The van der Waals surface area contributed by atoms with Gasteiger partial charge >= 0.3 is 0 Å². The third-order valence-corrected chi connectivity index (χ3v) is 7.01. The van der Waals surface area contributed by atoms with Crippen LogP contribution < -0.4 is 10.6 Å². The van der Waals surface area contributed by atoms with Crippen LogP contribution in [0, 0.1) is 0 Å². The Bertz CT molecular complexity index is 1410. The number of aromatic nitrogens is 5. The Hall–Kier alpha value is -4.35. The number of fused-ring (bicyclic) bond motifs is 2. The van der Waals surface area contributed by atoms with Gasteiger partial charge in [0.25, 0.3) is 11.8 Å². The normalized spacial score (nSPS) is 19.2. The van der Waals surface area contributed by atoms with Gasteiger partial charge in [-0.05, 0) is 49.4 Å². The number of rotatable bonds is 5. The molecule has 3 aromatic rings. The van der Waals surface area contributed by atoms with Crippen molar-refractivity contribution in [1.29, 1.82) is 0 Å². The highest BCUT2D eigenvalue weighted by atomic mass is 16.2. The number of imide groups is 1. The molecule has 1 atom stereocenters. The van der Waals surface area contributed by atoms with Crippen LogP contribution in [0.25, 0.3) is 5.69 Å². The van der Waals surface area contributed by atoms with Gasteiger partial charge < -0.3 is 10.2 Å². The maximum absolute atomic E-state index is 12.9. The van der Waals surface area contributed by atoms with Gasteiger partial charge in [-0.1, -0.05) is 5.21 Å². The van der Waals surface area contributed by atoms with Gasteiger partial charge in [0, 0.05) is 42.9 Å². The second-order valence-corrected chi connectivity index (χ2v) is 9.27. The Morgan fingerprint density at radius 1 is 1.17 bits per heavy atom. The lowest BCUT2D eigenvalue weighted by Crippen LogP contribution is -2.52. The molecule has 1 unspecified atom stereocenters. The number of amides is 4. The first-order valence-electron chi connectivity index (χ1n) is 12.0. The highest BCUT2D eigenvalue weighted by molar-refractivity contribution is 6.05. The number of piperidine rings is 1. The molecule has 3 aliphatic heterocycles. The SMILES string of the molecule is O=C1CCC(N2Cc3cc(-n4cc(C(=O)NCc5cnn6c5CCCC6)nn4)ccc3C2=O)C(=O)N1. The van der Waals surface area contributed by atoms with Crippen molar-refractivity contribution in [2.45, 2.75) is 57.8 Å². The van der Waals surface area contributed by atoms with E-state index in [1.54, 1.807) is 24.4 Å². The Labute approximate surface area is 205 Å². The minimum Gasteiger partial charge on any atom is -0.346 e. The van der Waals surface area contributed by atoms with E-state index in [4.69, 9.17) is 0 Å². The third-order valence-electron chi connectivity index (χ3n) is 7.01. The number of carbonyl (C=O) groups excluding carboxylic acids is 4. The molecule has 2 N–H and O–H groups in total. The summed E-state index contributed by atoms with van der Waals surface area (Å²) in [5, 5.41) is 17.7. The summed E-state index contributed by atoms with van der Waals surface area (Å²) < 4.78 is 3.48. The van der Waals surface area contributed by atoms with E-state index in [9.17, 15) is 19.2 Å². The smallest absolute Gasteiger partial charge is 0.273 e. The van der Waals surface area contributed by atoms with Crippen LogP contribution >= 0.6 is 0 Å². The van der Waals surface area contributed by atoms with Gasteiger partial charge in [0.15, 0.2) is 5.69 Å². The van der Waals surface area contributed by atoms with E-state index >= 15 is 0 Å². The van der Waals surface area contributed by atoms with Gasteiger partial charge in [-0.2, -0.15) is 5.10 Å². The third kappa shape index (κ3) is 3.84. The molecule has 36 heavy (non-hydrogen) atoms. The van der Waals surface area contributed by atoms with Crippen molar-refractivity contribution < 1.29 is 19.2 Å². The van der Waals surface area contributed by atoms with Crippen molar-refractivity contribution in [3.63, 3.8) is 0 Å². The molecule has 184 valence electrons.